The van der Waals surface area contributed by atoms with E-state index >= 15 is 0 Å². The highest BCUT2D eigenvalue weighted by molar-refractivity contribution is 5.84. The van der Waals surface area contributed by atoms with Crippen LogP contribution in [0.5, 0.6) is 5.75 Å². The fourth-order valence-corrected chi connectivity index (χ4v) is 3.92. The topological polar surface area (TPSA) is 45.3 Å². The van der Waals surface area contributed by atoms with Crippen molar-refractivity contribution >= 4 is 16.8 Å². The summed E-state index contributed by atoms with van der Waals surface area (Å²) in [6, 6.07) is 12.5. The maximum Gasteiger partial charge on any atom is 0.226 e. The lowest BCUT2D eigenvalue weighted by Gasteiger charge is -2.32. The van der Waals surface area contributed by atoms with Crippen molar-refractivity contribution in [3.8, 4) is 5.75 Å². The molecule has 0 unspecified atom stereocenters. The molecule has 0 atom stereocenters. The number of carbonyl (C=O) groups excluding carboxylic acids is 1. The monoisotopic (exact) mass is 366 g/mol. The molecule has 1 aliphatic rings. The summed E-state index contributed by atoms with van der Waals surface area (Å²) in [4.78, 5) is 17.8. The van der Waals surface area contributed by atoms with Crippen LogP contribution in [0.25, 0.3) is 10.9 Å². The van der Waals surface area contributed by atoms with Gasteiger partial charge in [-0.25, -0.2) is 4.39 Å². The number of benzene rings is 2. The Labute approximate surface area is 157 Å². The van der Waals surface area contributed by atoms with E-state index in [0.29, 0.717) is 12.3 Å². The Kier molecular flexibility index (Phi) is 4.84. The molecule has 0 spiro atoms. The minimum atomic E-state index is -0.213. The molecule has 0 saturated carbocycles. The van der Waals surface area contributed by atoms with Gasteiger partial charge in [0.05, 0.1) is 13.5 Å². The summed E-state index contributed by atoms with van der Waals surface area (Å²) in [5, 5.41) is 0.956. The van der Waals surface area contributed by atoms with Gasteiger partial charge in [-0.15, -0.1) is 0 Å². The second-order valence-electron chi connectivity index (χ2n) is 7.11. The van der Waals surface area contributed by atoms with Crippen LogP contribution in [0.1, 0.15) is 29.9 Å². The Bertz CT molecular complexity index is 941. The van der Waals surface area contributed by atoms with E-state index in [-0.39, 0.29) is 11.7 Å². The minimum absolute atomic E-state index is 0.156. The molecule has 2 heterocycles. The molecule has 27 heavy (non-hydrogen) atoms. The molecular formula is C22H23FN2O2. The number of amides is 1. The molecule has 2 aromatic carbocycles. The molecule has 0 radical (unpaired) electrons. The first-order valence-electron chi connectivity index (χ1n) is 9.31. The lowest BCUT2D eigenvalue weighted by atomic mass is 9.89. The summed E-state index contributed by atoms with van der Waals surface area (Å²) in [5.74, 6) is 1.09. The summed E-state index contributed by atoms with van der Waals surface area (Å²) in [6.07, 6.45) is 4.20. The Morgan fingerprint density at radius 2 is 1.93 bits per heavy atom. The van der Waals surface area contributed by atoms with E-state index in [0.717, 1.165) is 53.7 Å². The lowest BCUT2D eigenvalue weighted by Crippen LogP contribution is -2.38. The molecule has 4 nitrogen and oxygen atoms in total. The number of fused-ring (bicyclic) bond motifs is 1. The number of nitrogens with one attached hydrogen (secondary N) is 1. The maximum absolute atomic E-state index is 13.6. The number of halogens is 1. The summed E-state index contributed by atoms with van der Waals surface area (Å²) >= 11 is 0. The van der Waals surface area contributed by atoms with E-state index in [1.807, 2.05) is 35.4 Å². The van der Waals surface area contributed by atoms with E-state index in [2.05, 4.69) is 4.98 Å². The Morgan fingerprint density at radius 1 is 1.19 bits per heavy atom. The van der Waals surface area contributed by atoms with Gasteiger partial charge in [-0.1, -0.05) is 12.1 Å². The van der Waals surface area contributed by atoms with Crippen LogP contribution in [-0.4, -0.2) is 36.0 Å². The first-order valence-corrected chi connectivity index (χ1v) is 9.31. The lowest BCUT2D eigenvalue weighted by molar-refractivity contribution is -0.131. The van der Waals surface area contributed by atoms with Crippen molar-refractivity contribution in [2.45, 2.75) is 25.2 Å². The highest BCUT2D eigenvalue weighted by Crippen LogP contribution is 2.33. The van der Waals surface area contributed by atoms with E-state index < -0.39 is 0 Å². The van der Waals surface area contributed by atoms with Crippen LogP contribution < -0.4 is 4.74 Å². The second kappa shape index (κ2) is 7.43. The van der Waals surface area contributed by atoms with Crippen molar-refractivity contribution in [3.05, 3.63) is 65.6 Å². The van der Waals surface area contributed by atoms with Crippen molar-refractivity contribution < 1.29 is 13.9 Å². The summed E-state index contributed by atoms with van der Waals surface area (Å²) < 4.78 is 18.8. The van der Waals surface area contributed by atoms with Crippen LogP contribution in [0, 0.1) is 5.82 Å². The largest absolute Gasteiger partial charge is 0.497 e. The maximum atomic E-state index is 13.6. The Hall–Kier alpha value is -2.82. The molecule has 1 amide bonds. The highest BCUT2D eigenvalue weighted by atomic mass is 19.1. The Balaban J connectivity index is 1.39. The first kappa shape index (κ1) is 17.6. The van der Waals surface area contributed by atoms with Gasteiger partial charge >= 0.3 is 0 Å². The SMILES string of the molecule is COc1ccc(CC(=O)N2CCC(c3c[nH]c4ccc(F)cc34)CC2)cc1. The number of aromatic amines is 1. The molecule has 0 aliphatic carbocycles. The van der Waals surface area contributed by atoms with E-state index in [1.165, 1.54) is 6.07 Å². The van der Waals surface area contributed by atoms with E-state index in [4.69, 9.17) is 4.74 Å². The predicted molar refractivity (Wildman–Crippen MR) is 104 cm³/mol. The number of hydrogen-bond donors (Lipinski definition) is 1. The van der Waals surface area contributed by atoms with Crippen LogP contribution in [0.15, 0.2) is 48.7 Å². The van der Waals surface area contributed by atoms with Crippen LogP contribution in [0.4, 0.5) is 4.39 Å². The summed E-state index contributed by atoms with van der Waals surface area (Å²) in [5.41, 5.74) is 3.12. The highest BCUT2D eigenvalue weighted by Gasteiger charge is 2.25. The van der Waals surface area contributed by atoms with Crippen LogP contribution in [0.3, 0.4) is 0 Å². The third kappa shape index (κ3) is 3.68. The van der Waals surface area contributed by atoms with Crippen molar-refractivity contribution in [2.24, 2.45) is 0 Å². The Morgan fingerprint density at radius 3 is 2.63 bits per heavy atom. The number of rotatable bonds is 4. The predicted octanol–water partition coefficient (Wildman–Crippen LogP) is 4.26. The van der Waals surface area contributed by atoms with Gasteiger partial charge in [0.25, 0.3) is 0 Å². The van der Waals surface area contributed by atoms with Crippen molar-refractivity contribution in [2.75, 3.05) is 20.2 Å². The quantitative estimate of drug-likeness (QED) is 0.750. The third-order valence-corrected chi connectivity index (χ3v) is 5.48. The van der Waals surface area contributed by atoms with Gasteiger partial charge in [-0.3, -0.25) is 4.79 Å². The van der Waals surface area contributed by atoms with Gasteiger partial charge in [0.2, 0.25) is 5.91 Å². The number of H-pyrrole nitrogens is 1. The molecule has 1 N–H and O–H groups in total. The smallest absolute Gasteiger partial charge is 0.226 e. The normalized spacial score (nSPS) is 15.3. The number of ether oxygens (including phenoxy) is 1. The van der Waals surface area contributed by atoms with Gasteiger partial charge in [0.1, 0.15) is 11.6 Å². The number of aromatic nitrogens is 1. The third-order valence-electron chi connectivity index (χ3n) is 5.48. The van der Waals surface area contributed by atoms with Crippen LogP contribution >= 0.6 is 0 Å². The molecule has 3 aromatic rings. The molecule has 1 aliphatic heterocycles. The standard InChI is InChI=1S/C22H23FN2O2/c1-27-18-5-2-15(3-6-18)12-22(26)25-10-8-16(9-11-25)20-14-24-21-7-4-17(23)13-19(20)21/h2-7,13-14,16,24H,8-12H2,1H3. The number of piperidine rings is 1. The molecule has 1 fully saturated rings. The average Bonchev–Trinajstić information content (AvgIpc) is 3.11. The van der Waals surface area contributed by atoms with Crippen molar-refractivity contribution in [1.29, 1.82) is 0 Å². The number of nitrogens with zero attached hydrogens (tertiary/aromatic N) is 1. The summed E-state index contributed by atoms with van der Waals surface area (Å²) in [6.45, 7) is 1.48. The van der Waals surface area contributed by atoms with Gasteiger partial charge in [0.15, 0.2) is 0 Å². The molecule has 1 aromatic heterocycles. The van der Waals surface area contributed by atoms with E-state index in [1.54, 1.807) is 19.2 Å². The van der Waals surface area contributed by atoms with Crippen LogP contribution in [0.2, 0.25) is 0 Å². The van der Waals surface area contributed by atoms with Crippen LogP contribution in [-0.2, 0) is 11.2 Å². The molecular weight excluding hydrogens is 343 g/mol. The zero-order valence-corrected chi connectivity index (χ0v) is 15.4. The number of likely N-dealkylation sites (tertiary alicyclic amines) is 1. The average molecular weight is 366 g/mol. The summed E-state index contributed by atoms with van der Waals surface area (Å²) in [7, 11) is 1.63. The van der Waals surface area contributed by atoms with E-state index in [9.17, 15) is 9.18 Å². The van der Waals surface area contributed by atoms with Gasteiger partial charge < -0.3 is 14.6 Å². The number of methoxy groups -OCH3 is 1. The molecule has 5 heteroatoms. The molecule has 4 rings (SSSR count). The van der Waals surface area contributed by atoms with Gasteiger partial charge in [0, 0.05) is 30.2 Å². The minimum Gasteiger partial charge on any atom is -0.497 e. The first-order chi connectivity index (χ1) is 13.1. The zero-order chi connectivity index (χ0) is 18.8. The molecule has 1 saturated heterocycles. The molecule has 0 bridgehead atoms. The molecule has 140 valence electrons. The fraction of sp³-hybridized carbons (Fsp3) is 0.318. The fourth-order valence-electron chi connectivity index (χ4n) is 3.92. The van der Waals surface area contributed by atoms with Crippen molar-refractivity contribution in [1.82, 2.24) is 9.88 Å². The zero-order valence-electron chi connectivity index (χ0n) is 15.4. The second-order valence-corrected chi connectivity index (χ2v) is 7.11. The van der Waals surface area contributed by atoms with Crippen molar-refractivity contribution in [3.63, 3.8) is 0 Å². The van der Waals surface area contributed by atoms with Gasteiger partial charge in [-0.05, 0) is 60.2 Å². The number of carbonyl (C=O) groups is 1. The van der Waals surface area contributed by atoms with Gasteiger partial charge in [-0.2, -0.15) is 0 Å². The number of hydrogen-bond acceptors (Lipinski definition) is 2.